The molecule has 3 rings (SSSR count). The van der Waals surface area contributed by atoms with Crippen LogP contribution in [0.25, 0.3) is 0 Å². The summed E-state index contributed by atoms with van der Waals surface area (Å²) in [4.78, 5) is 28.2. The van der Waals surface area contributed by atoms with Gasteiger partial charge in [-0.2, -0.15) is 0 Å². The minimum absolute atomic E-state index is 0.0216. The van der Waals surface area contributed by atoms with Crippen LogP contribution >= 0.6 is 0 Å². The van der Waals surface area contributed by atoms with Crippen LogP contribution in [-0.4, -0.2) is 55.9 Å². The van der Waals surface area contributed by atoms with Crippen molar-refractivity contribution in [3.05, 3.63) is 83.6 Å². The van der Waals surface area contributed by atoms with Crippen molar-refractivity contribution in [3.8, 4) is 5.75 Å². The lowest BCUT2D eigenvalue weighted by molar-refractivity contribution is -0.274. The summed E-state index contributed by atoms with van der Waals surface area (Å²) in [5, 5.41) is 13.2. The highest BCUT2D eigenvalue weighted by molar-refractivity contribution is 5.91. The van der Waals surface area contributed by atoms with Crippen LogP contribution in [0.15, 0.2) is 60.8 Å². The van der Waals surface area contributed by atoms with Gasteiger partial charge in [-0.25, -0.2) is 19.3 Å². The molecule has 0 aliphatic carbocycles. The van der Waals surface area contributed by atoms with E-state index in [-0.39, 0.29) is 55.2 Å². The molecular weight excluding hydrogens is 557 g/mol. The first kappa shape index (κ1) is 30.7. The summed E-state index contributed by atoms with van der Waals surface area (Å²) in [5.74, 6) is 3.29. The number of pyridine rings is 1. The van der Waals surface area contributed by atoms with E-state index in [0.29, 0.717) is 0 Å². The number of nitrogens with zero attached hydrogens (tertiary/aromatic N) is 5. The molecule has 6 N–H and O–H groups in total. The third kappa shape index (κ3) is 10.7. The number of halogens is 5. The molecule has 2 heterocycles. The number of hydrogen-bond acceptors (Lipinski definition) is 9. The Morgan fingerprint density at radius 1 is 1.22 bits per heavy atom. The molecule has 17 heteroatoms. The molecule has 3 aromatic rings. The molecule has 0 aliphatic rings. The van der Waals surface area contributed by atoms with E-state index in [1.807, 2.05) is 0 Å². The van der Waals surface area contributed by atoms with E-state index in [2.05, 4.69) is 30.7 Å². The Kier molecular flexibility index (Phi) is 10.5. The molecule has 0 bridgehead atoms. The summed E-state index contributed by atoms with van der Waals surface area (Å²) in [6, 6.07) is 7.53. The number of hydrogen-bond donors (Lipinski definition) is 4. The summed E-state index contributed by atoms with van der Waals surface area (Å²) in [5.41, 5.74) is 5.92. The predicted molar refractivity (Wildman–Crippen MR) is 133 cm³/mol. The molecule has 41 heavy (non-hydrogen) atoms. The SMILES string of the molecule is N/C(=C\N(N)CCC(F)Cn1cc(C(=O)NCc2ncccc2F)nn1)NC(=O)Cc1cccc(OC(F)(F)F)c1. The number of amides is 2. The summed E-state index contributed by atoms with van der Waals surface area (Å²) in [6.07, 6.45) is -2.92. The maximum Gasteiger partial charge on any atom is 0.573 e. The van der Waals surface area contributed by atoms with Crippen molar-refractivity contribution in [1.82, 2.24) is 35.6 Å². The van der Waals surface area contributed by atoms with Crippen molar-refractivity contribution in [2.45, 2.75) is 38.5 Å². The van der Waals surface area contributed by atoms with Crippen molar-refractivity contribution >= 4 is 11.8 Å². The van der Waals surface area contributed by atoms with Crippen LogP contribution in [-0.2, 0) is 24.3 Å². The van der Waals surface area contributed by atoms with E-state index in [9.17, 15) is 31.5 Å². The van der Waals surface area contributed by atoms with Crippen LogP contribution in [0.4, 0.5) is 22.0 Å². The highest BCUT2D eigenvalue weighted by atomic mass is 19.4. The summed E-state index contributed by atoms with van der Waals surface area (Å²) in [7, 11) is 0. The van der Waals surface area contributed by atoms with Crippen LogP contribution < -0.4 is 26.9 Å². The number of alkyl halides is 4. The molecule has 12 nitrogen and oxygen atoms in total. The van der Waals surface area contributed by atoms with Gasteiger partial charge in [-0.05, 0) is 36.2 Å². The van der Waals surface area contributed by atoms with Gasteiger partial charge in [0.25, 0.3) is 5.91 Å². The smallest absolute Gasteiger partial charge is 0.406 e. The first-order chi connectivity index (χ1) is 19.4. The molecule has 220 valence electrons. The zero-order valence-corrected chi connectivity index (χ0v) is 21.3. The first-order valence-electron chi connectivity index (χ1n) is 11.9. The van der Waals surface area contributed by atoms with E-state index >= 15 is 0 Å². The fraction of sp³-hybridized carbons (Fsp3) is 0.292. The van der Waals surface area contributed by atoms with Crippen LogP contribution in [0.2, 0.25) is 0 Å². The quantitative estimate of drug-likeness (QED) is 0.133. The van der Waals surface area contributed by atoms with E-state index in [0.717, 1.165) is 28.0 Å². The standard InChI is InChI=1S/C24H26F5N9O3/c25-16(12-38-13-20(35-36-38)23(40)33-11-19-18(26)5-2-7-32-19)6-8-37(31)14-21(30)34-22(39)10-15-3-1-4-17(9-15)41-24(27,28)29/h1-5,7,9,13-14,16H,6,8,10-12,30-31H2,(H,33,40)(H,34,39)/b21-14+. The topological polar surface area (TPSA) is 166 Å². The number of aromatic nitrogens is 4. The Morgan fingerprint density at radius 3 is 2.73 bits per heavy atom. The highest BCUT2D eigenvalue weighted by Crippen LogP contribution is 2.23. The largest absolute Gasteiger partial charge is 0.573 e. The fourth-order valence-corrected chi connectivity index (χ4v) is 3.40. The lowest BCUT2D eigenvalue weighted by Crippen LogP contribution is -2.34. The van der Waals surface area contributed by atoms with Gasteiger partial charge in [0.15, 0.2) is 5.69 Å². The number of carbonyl (C=O) groups is 2. The third-order valence-electron chi connectivity index (χ3n) is 5.19. The zero-order chi connectivity index (χ0) is 30.0. The predicted octanol–water partition coefficient (Wildman–Crippen LogP) is 1.66. The van der Waals surface area contributed by atoms with Gasteiger partial charge in [0.05, 0.1) is 37.6 Å². The Labute approximate surface area is 230 Å². The number of nitrogens with one attached hydrogen (secondary N) is 2. The van der Waals surface area contributed by atoms with E-state index in [1.165, 1.54) is 36.7 Å². The van der Waals surface area contributed by atoms with Crippen LogP contribution in [0.5, 0.6) is 5.75 Å². The van der Waals surface area contributed by atoms with Gasteiger partial charge >= 0.3 is 6.36 Å². The van der Waals surface area contributed by atoms with Gasteiger partial charge in [0.2, 0.25) is 5.91 Å². The monoisotopic (exact) mass is 583 g/mol. The van der Waals surface area contributed by atoms with Crippen LogP contribution in [0.3, 0.4) is 0 Å². The van der Waals surface area contributed by atoms with Crippen molar-refractivity contribution in [2.24, 2.45) is 11.6 Å². The van der Waals surface area contributed by atoms with E-state index in [1.54, 1.807) is 0 Å². The molecule has 0 saturated carbocycles. The van der Waals surface area contributed by atoms with Crippen molar-refractivity contribution in [3.63, 3.8) is 0 Å². The number of hydrazine groups is 1. The number of rotatable bonds is 13. The van der Waals surface area contributed by atoms with Gasteiger partial charge in [0, 0.05) is 12.7 Å². The molecule has 1 atom stereocenters. The van der Waals surface area contributed by atoms with Gasteiger partial charge < -0.3 is 26.1 Å². The third-order valence-corrected chi connectivity index (χ3v) is 5.19. The number of nitrogens with two attached hydrogens (primary N) is 2. The molecule has 0 saturated heterocycles. The second-order valence-corrected chi connectivity index (χ2v) is 8.57. The second kappa shape index (κ2) is 14.0. The molecule has 1 unspecified atom stereocenters. The Morgan fingerprint density at radius 2 is 2.00 bits per heavy atom. The Hall–Kier alpha value is -4.80. The molecule has 0 aliphatic heterocycles. The van der Waals surface area contributed by atoms with Gasteiger partial charge in [0.1, 0.15) is 23.6 Å². The van der Waals surface area contributed by atoms with E-state index in [4.69, 9.17) is 11.6 Å². The fourth-order valence-electron chi connectivity index (χ4n) is 3.40. The van der Waals surface area contributed by atoms with Crippen LogP contribution in [0, 0.1) is 5.82 Å². The van der Waals surface area contributed by atoms with Crippen molar-refractivity contribution < 1.29 is 36.3 Å². The zero-order valence-electron chi connectivity index (χ0n) is 21.3. The van der Waals surface area contributed by atoms with E-state index < -0.39 is 35.9 Å². The average Bonchev–Trinajstić information content (AvgIpc) is 3.34. The molecular formula is C24H26F5N9O3. The van der Waals surface area contributed by atoms with Crippen molar-refractivity contribution in [2.75, 3.05) is 6.54 Å². The number of carbonyl (C=O) groups excluding carboxylic acids is 2. The normalized spacial score (nSPS) is 12.5. The minimum Gasteiger partial charge on any atom is -0.406 e. The summed E-state index contributed by atoms with van der Waals surface area (Å²) in [6.45, 7) is -0.431. The van der Waals surface area contributed by atoms with Gasteiger partial charge in [-0.1, -0.05) is 17.3 Å². The lowest BCUT2D eigenvalue weighted by atomic mass is 10.1. The number of ether oxygens (including phenoxy) is 1. The molecule has 2 aromatic heterocycles. The highest BCUT2D eigenvalue weighted by Gasteiger charge is 2.31. The molecule has 0 fully saturated rings. The molecule has 2 amide bonds. The second-order valence-electron chi connectivity index (χ2n) is 8.57. The average molecular weight is 584 g/mol. The molecule has 1 aromatic carbocycles. The van der Waals surface area contributed by atoms with Crippen molar-refractivity contribution in [1.29, 1.82) is 0 Å². The van der Waals surface area contributed by atoms with Gasteiger partial charge in [-0.15, -0.1) is 18.3 Å². The summed E-state index contributed by atoms with van der Waals surface area (Å²) >= 11 is 0. The first-order valence-corrected chi connectivity index (χ1v) is 11.9. The minimum atomic E-state index is -4.87. The lowest BCUT2D eigenvalue weighted by Gasteiger charge is -2.17. The Bertz CT molecular complexity index is 1370. The van der Waals surface area contributed by atoms with Crippen LogP contribution in [0.1, 0.15) is 28.2 Å². The summed E-state index contributed by atoms with van der Waals surface area (Å²) < 4.78 is 70.1. The number of benzene rings is 1. The molecule has 0 radical (unpaired) electrons. The maximum absolute atomic E-state index is 14.5. The molecule has 0 spiro atoms. The van der Waals surface area contributed by atoms with Gasteiger partial charge in [-0.3, -0.25) is 14.6 Å². The maximum atomic E-state index is 14.5. The Balaban J connectivity index is 1.40.